The molecule has 196 valence electrons. The van der Waals surface area contributed by atoms with Gasteiger partial charge in [-0.2, -0.15) is 0 Å². The molecule has 0 saturated heterocycles. The van der Waals surface area contributed by atoms with Gasteiger partial charge in [0.15, 0.2) is 11.5 Å². The number of aliphatic carboxylic acids is 1. The lowest BCUT2D eigenvalue weighted by molar-refractivity contribution is -0.142. The minimum atomic E-state index is -1.37. The highest BCUT2D eigenvalue weighted by atomic mass is 16.7. The number of nitrogens with two attached hydrogens (primary N) is 1. The first-order valence-corrected chi connectivity index (χ1v) is 11.6. The number of hydrogen-bond acceptors (Lipinski definition) is 10. The van der Waals surface area contributed by atoms with E-state index in [0.717, 1.165) is 12.8 Å². The Labute approximate surface area is 204 Å². The van der Waals surface area contributed by atoms with Gasteiger partial charge in [-0.1, -0.05) is 39.7 Å². The van der Waals surface area contributed by atoms with Crippen LogP contribution in [0.2, 0.25) is 0 Å². The number of carboxylic acid groups (broad SMARTS) is 1. The van der Waals surface area contributed by atoms with Crippen molar-refractivity contribution in [3.05, 3.63) is 23.8 Å². The molecule has 1 aromatic carbocycles. The van der Waals surface area contributed by atoms with Crippen molar-refractivity contribution in [2.45, 2.75) is 65.3 Å². The molecule has 3 atom stereocenters. The lowest BCUT2D eigenvalue weighted by Crippen LogP contribution is -2.40. The predicted octanol–water partition coefficient (Wildman–Crippen LogP) is 4.01. The average molecular weight is 498 g/mol. The molecule has 0 radical (unpaired) electrons. The number of carbonyl (C=O) groups is 4. The van der Waals surface area contributed by atoms with Crippen LogP contribution in [0.1, 0.15) is 64.9 Å². The minimum Gasteiger partial charge on any atom is -0.480 e. The van der Waals surface area contributed by atoms with E-state index in [1.54, 1.807) is 6.92 Å². The van der Waals surface area contributed by atoms with Crippen molar-refractivity contribution in [3.63, 3.8) is 0 Å². The standard InChI is InChI=1S/C24H35NO10/c1-5-7-11-31-23(29)34-18-10-9-17(13-19(18)35-24(30)32-12-8-6-2)20(21(25)22(27)28)15(3)14-33-16(4)26/h9-10,13,15,20-21H,5-8,11-12,14,25H2,1-4H3,(H,27,28)/t15?,20?,21-/m0/s1. The fourth-order valence-corrected chi connectivity index (χ4v) is 3.13. The summed E-state index contributed by atoms with van der Waals surface area (Å²) in [6, 6.07) is 2.80. The molecule has 0 aliphatic carbocycles. The van der Waals surface area contributed by atoms with Crippen molar-refractivity contribution in [3.8, 4) is 11.5 Å². The molecule has 0 bridgehead atoms. The molecule has 11 heteroatoms. The molecule has 0 saturated carbocycles. The molecule has 0 spiro atoms. The molecule has 11 nitrogen and oxygen atoms in total. The van der Waals surface area contributed by atoms with Crippen LogP contribution in [0.4, 0.5) is 9.59 Å². The van der Waals surface area contributed by atoms with Gasteiger partial charge in [-0.15, -0.1) is 0 Å². The molecule has 0 aliphatic rings. The number of esters is 1. The van der Waals surface area contributed by atoms with E-state index in [9.17, 15) is 24.3 Å². The monoisotopic (exact) mass is 497 g/mol. The lowest BCUT2D eigenvalue weighted by Gasteiger charge is -2.27. The summed E-state index contributed by atoms with van der Waals surface area (Å²) in [6.07, 6.45) is 0.887. The number of benzene rings is 1. The van der Waals surface area contributed by atoms with Crippen LogP contribution in [0.15, 0.2) is 18.2 Å². The lowest BCUT2D eigenvalue weighted by atomic mass is 9.82. The third-order valence-electron chi connectivity index (χ3n) is 5.01. The first-order chi connectivity index (χ1) is 16.6. The van der Waals surface area contributed by atoms with E-state index in [4.69, 9.17) is 29.4 Å². The number of hydrogen-bond donors (Lipinski definition) is 2. The Bertz CT molecular complexity index is 857. The molecule has 2 unspecified atom stereocenters. The Morgan fingerprint density at radius 1 is 0.914 bits per heavy atom. The quantitative estimate of drug-likeness (QED) is 0.165. The second-order valence-electron chi connectivity index (χ2n) is 7.98. The van der Waals surface area contributed by atoms with Crippen LogP contribution in [0.5, 0.6) is 11.5 Å². The van der Waals surface area contributed by atoms with Crippen molar-refractivity contribution < 1.29 is 48.0 Å². The summed E-state index contributed by atoms with van der Waals surface area (Å²) in [7, 11) is 0. The van der Waals surface area contributed by atoms with Crippen LogP contribution in [-0.4, -0.2) is 55.2 Å². The molecule has 1 aromatic rings. The fourth-order valence-electron chi connectivity index (χ4n) is 3.13. The highest BCUT2D eigenvalue weighted by Crippen LogP contribution is 2.36. The second kappa shape index (κ2) is 15.5. The maximum Gasteiger partial charge on any atom is 0.513 e. The highest BCUT2D eigenvalue weighted by Gasteiger charge is 2.32. The maximum atomic E-state index is 12.2. The first kappa shape index (κ1) is 29.7. The zero-order valence-electron chi connectivity index (χ0n) is 20.6. The van der Waals surface area contributed by atoms with Crippen molar-refractivity contribution in [1.82, 2.24) is 0 Å². The van der Waals surface area contributed by atoms with Crippen LogP contribution in [-0.2, 0) is 23.8 Å². The van der Waals surface area contributed by atoms with Crippen molar-refractivity contribution in [2.24, 2.45) is 11.7 Å². The van der Waals surface area contributed by atoms with Crippen LogP contribution >= 0.6 is 0 Å². The van der Waals surface area contributed by atoms with Gasteiger partial charge < -0.3 is 34.5 Å². The summed E-state index contributed by atoms with van der Waals surface area (Å²) >= 11 is 0. The molecule has 0 heterocycles. The Morgan fingerprint density at radius 2 is 1.46 bits per heavy atom. The van der Waals surface area contributed by atoms with Crippen LogP contribution < -0.4 is 15.2 Å². The topological polar surface area (TPSA) is 161 Å². The highest BCUT2D eigenvalue weighted by molar-refractivity contribution is 5.75. The predicted molar refractivity (Wildman–Crippen MR) is 124 cm³/mol. The van der Waals surface area contributed by atoms with Crippen LogP contribution in [0.3, 0.4) is 0 Å². The molecule has 1 rings (SSSR count). The van der Waals surface area contributed by atoms with Gasteiger partial charge in [0.25, 0.3) is 0 Å². The second-order valence-corrected chi connectivity index (χ2v) is 7.98. The zero-order chi connectivity index (χ0) is 26.4. The third kappa shape index (κ3) is 10.6. The SMILES string of the molecule is CCCCOC(=O)Oc1ccc(C(C(C)COC(C)=O)[C@H](N)C(=O)O)cc1OC(=O)OCCCC. The van der Waals surface area contributed by atoms with Gasteiger partial charge in [0.2, 0.25) is 0 Å². The minimum absolute atomic E-state index is 0.0851. The van der Waals surface area contributed by atoms with Gasteiger partial charge in [-0.3, -0.25) is 9.59 Å². The average Bonchev–Trinajstić information content (AvgIpc) is 2.79. The maximum absolute atomic E-state index is 12.2. The molecule has 35 heavy (non-hydrogen) atoms. The van der Waals surface area contributed by atoms with Gasteiger partial charge >= 0.3 is 24.2 Å². The van der Waals surface area contributed by atoms with Gasteiger partial charge in [-0.05, 0) is 36.5 Å². The number of unbranched alkanes of at least 4 members (excludes halogenated alkanes) is 2. The van der Waals surface area contributed by atoms with Gasteiger partial charge in [0, 0.05) is 12.8 Å². The van der Waals surface area contributed by atoms with E-state index in [2.05, 4.69) is 0 Å². The van der Waals surface area contributed by atoms with E-state index in [1.165, 1.54) is 25.1 Å². The Kier molecular flexibility index (Phi) is 13.2. The number of rotatable bonds is 14. The molecule has 3 N–H and O–H groups in total. The normalized spacial score (nSPS) is 13.2. The Morgan fingerprint density at radius 3 is 1.94 bits per heavy atom. The summed E-state index contributed by atoms with van der Waals surface area (Å²) in [5.74, 6) is -3.46. The Hall–Kier alpha value is -3.34. The Balaban J connectivity index is 3.28. The first-order valence-electron chi connectivity index (χ1n) is 11.6. The molecule has 0 fully saturated rings. The molecule has 0 aromatic heterocycles. The van der Waals surface area contributed by atoms with E-state index in [1.807, 2.05) is 13.8 Å². The summed E-state index contributed by atoms with van der Waals surface area (Å²) in [4.78, 5) is 47.1. The molecule has 0 amide bonds. The largest absolute Gasteiger partial charge is 0.513 e. The summed E-state index contributed by atoms with van der Waals surface area (Å²) in [5.41, 5.74) is 6.30. The molecular weight excluding hydrogens is 462 g/mol. The van der Waals surface area contributed by atoms with Gasteiger partial charge in [-0.25, -0.2) is 9.59 Å². The van der Waals surface area contributed by atoms with E-state index in [0.29, 0.717) is 18.4 Å². The smallest absolute Gasteiger partial charge is 0.480 e. The van der Waals surface area contributed by atoms with Gasteiger partial charge in [0.1, 0.15) is 6.04 Å². The van der Waals surface area contributed by atoms with E-state index in [-0.39, 0.29) is 31.3 Å². The number of ether oxygens (including phenoxy) is 5. The van der Waals surface area contributed by atoms with Crippen molar-refractivity contribution in [1.29, 1.82) is 0 Å². The van der Waals surface area contributed by atoms with Crippen molar-refractivity contribution >= 4 is 24.2 Å². The summed E-state index contributed by atoms with van der Waals surface area (Å²) in [6.45, 7) is 6.98. The third-order valence-corrected chi connectivity index (χ3v) is 5.01. The van der Waals surface area contributed by atoms with Gasteiger partial charge in [0.05, 0.1) is 19.8 Å². The summed E-state index contributed by atoms with van der Waals surface area (Å²) < 4.78 is 25.5. The molecular formula is C24H35NO10. The van der Waals surface area contributed by atoms with Crippen LogP contribution in [0, 0.1) is 5.92 Å². The number of carbonyl (C=O) groups excluding carboxylic acids is 3. The fraction of sp³-hybridized carbons (Fsp3) is 0.583. The van der Waals surface area contributed by atoms with E-state index < -0.39 is 42.1 Å². The molecule has 0 aliphatic heterocycles. The van der Waals surface area contributed by atoms with Crippen LogP contribution in [0.25, 0.3) is 0 Å². The van der Waals surface area contributed by atoms with E-state index >= 15 is 0 Å². The zero-order valence-corrected chi connectivity index (χ0v) is 20.6. The van der Waals surface area contributed by atoms with Crippen molar-refractivity contribution in [2.75, 3.05) is 19.8 Å². The number of carboxylic acids is 1. The summed E-state index contributed by atoms with van der Waals surface area (Å²) in [5, 5.41) is 9.53.